The van der Waals surface area contributed by atoms with E-state index in [-0.39, 0.29) is 24.5 Å². The first-order valence-corrected chi connectivity index (χ1v) is 6.71. The molecule has 1 aliphatic heterocycles. The number of imidazole rings is 1. The average Bonchev–Trinajstić information content (AvgIpc) is 2.98. The Hall–Kier alpha value is -2.05. The van der Waals surface area contributed by atoms with Gasteiger partial charge in [0.05, 0.1) is 12.2 Å². The number of hydrogen-bond acceptors (Lipinski definition) is 3. The van der Waals surface area contributed by atoms with Crippen molar-refractivity contribution in [1.29, 1.82) is 0 Å². The fourth-order valence-electron chi connectivity index (χ4n) is 2.51. The zero-order valence-electron chi connectivity index (χ0n) is 11.7. The predicted molar refractivity (Wildman–Crippen MR) is 72.1 cm³/mol. The number of aromatic nitrogens is 2. The van der Waals surface area contributed by atoms with Crippen molar-refractivity contribution in [2.75, 3.05) is 13.1 Å². The molecular formula is C13H20N4O3. The van der Waals surface area contributed by atoms with E-state index in [1.807, 2.05) is 24.6 Å². The molecule has 7 heteroatoms. The maximum absolute atomic E-state index is 12.1. The highest BCUT2D eigenvalue weighted by atomic mass is 16.4. The lowest BCUT2D eigenvalue weighted by Gasteiger charge is -2.21. The third-order valence-corrected chi connectivity index (χ3v) is 3.63. The van der Waals surface area contributed by atoms with Gasteiger partial charge in [-0.15, -0.1) is 0 Å². The van der Waals surface area contributed by atoms with Gasteiger partial charge in [-0.25, -0.2) is 9.78 Å². The third kappa shape index (κ3) is 3.28. The monoisotopic (exact) mass is 280 g/mol. The summed E-state index contributed by atoms with van der Waals surface area (Å²) in [5, 5.41) is 12.0. The number of carboxylic acids is 1. The van der Waals surface area contributed by atoms with Crippen LogP contribution in [0.5, 0.6) is 0 Å². The zero-order chi connectivity index (χ0) is 14.7. The van der Waals surface area contributed by atoms with Crippen molar-refractivity contribution in [2.45, 2.75) is 26.4 Å². The van der Waals surface area contributed by atoms with Crippen LogP contribution in [0, 0.1) is 11.8 Å². The van der Waals surface area contributed by atoms with Crippen LogP contribution in [0.25, 0.3) is 0 Å². The van der Waals surface area contributed by atoms with E-state index < -0.39 is 11.9 Å². The normalized spacial score (nSPS) is 23.6. The third-order valence-electron chi connectivity index (χ3n) is 3.63. The number of aliphatic carboxylic acids is 1. The average molecular weight is 280 g/mol. The molecule has 3 unspecified atom stereocenters. The highest BCUT2D eigenvalue weighted by molar-refractivity contribution is 5.77. The van der Waals surface area contributed by atoms with Crippen molar-refractivity contribution in [3.05, 3.63) is 18.7 Å². The standard InChI is InChI=1S/C13H20N4O3/c1-9-5-17(7-11(9)12(18)19)13(20)15-10(2)6-16-4-3-14-8-16/h3-4,8-11H,5-7H2,1-2H3,(H,15,20)(H,18,19). The first-order valence-electron chi connectivity index (χ1n) is 6.71. The van der Waals surface area contributed by atoms with Gasteiger partial charge in [-0.1, -0.05) is 6.92 Å². The Kier molecular flexibility index (Phi) is 4.26. The largest absolute Gasteiger partial charge is 0.481 e. The predicted octanol–water partition coefficient (Wildman–Crippen LogP) is 0.634. The fraction of sp³-hybridized carbons (Fsp3) is 0.615. The number of nitrogens with one attached hydrogen (secondary N) is 1. The van der Waals surface area contributed by atoms with E-state index in [2.05, 4.69) is 10.3 Å². The maximum atomic E-state index is 12.1. The van der Waals surface area contributed by atoms with Crippen molar-refractivity contribution in [2.24, 2.45) is 11.8 Å². The molecule has 0 aromatic carbocycles. The van der Waals surface area contributed by atoms with E-state index in [1.165, 1.54) is 0 Å². The fourth-order valence-corrected chi connectivity index (χ4v) is 2.51. The van der Waals surface area contributed by atoms with E-state index in [0.29, 0.717) is 13.1 Å². The van der Waals surface area contributed by atoms with Gasteiger partial charge >= 0.3 is 12.0 Å². The molecule has 20 heavy (non-hydrogen) atoms. The number of carbonyl (C=O) groups is 2. The number of rotatable bonds is 4. The SMILES string of the molecule is CC(Cn1ccnc1)NC(=O)N1CC(C)C(C(=O)O)C1. The summed E-state index contributed by atoms with van der Waals surface area (Å²) in [4.78, 5) is 28.7. The smallest absolute Gasteiger partial charge is 0.317 e. The molecule has 110 valence electrons. The Morgan fingerprint density at radius 1 is 1.50 bits per heavy atom. The zero-order valence-corrected chi connectivity index (χ0v) is 11.7. The van der Waals surface area contributed by atoms with E-state index in [0.717, 1.165) is 0 Å². The molecule has 1 aromatic rings. The van der Waals surface area contributed by atoms with Crippen LogP contribution >= 0.6 is 0 Å². The minimum absolute atomic E-state index is 0.0118. The number of hydrogen-bond donors (Lipinski definition) is 2. The van der Waals surface area contributed by atoms with Crippen molar-refractivity contribution < 1.29 is 14.7 Å². The van der Waals surface area contributed by atoms with Crippen molar-refractivity contribution in [1.82, 2.24) is 19.8 Å². The molecule has 1 aromatic heterocycles. The Morgan fingerprint density at radius 2 is 2.25 bits per heavy atom. The number of urea groups is 1. The minimum Gasteiger partial charge on any atom is -0.481 e. The second-order valence-electron chi connectivity index (χ2n) is 5.44. The molecule has 2 rings (SSSR count). The van der Waals surface area contributed by atoms with Crippen LogP contribution in [0.2, 0.25) is 0 Å². The summed E-state index contributed by atoms with van der Waals surface area (Å²) in [5.41, 5.74) is 0. The summed E-state index contributed by atoms with van der Waals surface area (Å²) in [6.45, 7) is 5.17. The molecule has 2 heterocycles. The molecule has 1 aliphatic rings. The molecule has 2 N–H and O–H groups in total. The molecular weight excluding hydrogens is 260 g/mol. The molecule has 0 radical (unpaired) electrons. The van der Waals surface area contributed by atoms with E-state index in [9.17, 15) is 9.59 Å². The van der Waals surface area contributed by atoms with Gasteiger partial charge < -0.3 is 19.9 Å². The molecule has 7 nitrogen and oxygen atoms in total. The van der Waals surface area contributed by atoms with Crippen LogP contribution in [0.4, 0.5) is 4.79 Å². The van der Waals surface area contributed by atoms with Gasteiger partial charge in [-0.3, -0.25) is 4.79 Å². The number of amides is 2. The van der Waals surface area contributed by atoms with Crippen LogP contribution in [-0.4, -0.2) is 50.7 Å². The lowest BCUT2D eigenvalue weighted by Crippen LogP contribution is -2.44. The second-order valence-corrected chi connectivity index (χ2v) is 5.44. The van der Waals surface area contributed by atoms with Crippen molar-refractivity contribution in [3.8, 4) is 0 Å². The number of likely N-dealkylation sites (tertiary alicyclic amines) is 1. The van der Waals surface area contributed by atoms with Gasteiger partial charge in [0, 0.05) is 38.1 Å². The van der Waals surface area contributed by atoms with E-state index in [4.69, 9.17) is 5.11 Å². The van der Waals surface area contributed by atoms with Crippen LogP contribution in [-0.2, 0) is 11.3 Å². The van der Waals surface area contributed by atoms with Gasteiger partial charge in [-0.2, -0.15) is 0 Å². The van der Waals surface area contributed by atoms with Crippen LogP contribution < -0.4 is 5.32 Å². The molecule has 1 saturated heterocycles. The number of nitrogens with zero attached hydrogens (tertiary/aromatic N) is 3. The number of carbonyl (C=O) groups excluding carboxylic acids is 1. The molecule has 3 atom stereocenters. The first kappa shape index (κ1) is 14.4. The maximum Gasteiger partial charge on any atom is 0.317 e. The summed E-state index contributed by atoms with van der Waals surface area (Å²) < 4.78 is 1.89. The molecule has 0 saturated carbocycles. The van der Waals surface area contributed by atoms with Gasteiger partial charge in [0.1, 0.15) is 0 Å². The summed E-state index contributed by atoms with van der Waals surface area (Å²) in [7, 11) is 0. The summed E-state index contributed by atoms with van der Waals surface area (Å²) in [6, 6.07) is -0.246. The highest BCUT2D eigenvalue weighted by Gasteiger charge is 2.37. The van der Waals surface area contributed by atoms with E-state index >= 15 is 0 Å². The van der Waals surface area contributed by atoms with Crippen LogP contribution in [0.1, 0.15) is 13.8 Å². The van der Waals surface area contributed by atoms with Gasteiger partial charge in [0.25, 0.3) is 0 Å². The quantitative estimate of drug-likeness (QED) is 0.847. The summed E-state index contributed by atoms with van der Waals surface area (Å²) in [6.07, 6.45) is 5.22. The summed E-state index contributed by atoms with van der Waals surface area (Å²) in [5.74, 6) is -1.31. The Morgan fingerprint density at radius 3 is 2.80 bits per heavy atom. The summed E-state index contributed by atoms with van der Waals surface area (Å²) >= 11 is 0. The lowest BCUT2D eigenvalue weighted by molar-refractivity contribution is -0.142. The Balaban J connectivity index is 1.84. The van der Waals surface area contributed by atoms with Crippen molar-refractivity contribution >= 4 is 12.0 Å². The topological polar surface area (TPSA) is 87.5 Å². The van der Waals surface area contributed by atoms with E-state index in [1.54, 1.807) is 17.4 Å². The van der Waals surface area contributed by atoms with Crippen LogP contribution in [0.15, 0.2) is 18.7 Å². The van der Waals surface area contributed by atoms with Gasteiger partial charge in [-0.05, 0) is 12.8 Å². The molecule has 1 fully saturated rings. The Bertz CT molecular complexity index is 474. The molecule has 0 aliphatic carbocycles. The first-order chi connectivity index (χ1) is 9.47. The highest BCUT2D eigenvalue weighted by Crippen LogP contribution is 2.23. The lowest BCUT2D eigenvalue weighted by atomic mass is 9.99. The molecule has 0 spiro atoms. The molecule has 2 amide bonds. The van der Waals surface area contributed by atoms with Crippen LogP contribution in [0.3, 0.4) is 0 Å². The molecule has 0 bridgehead atoms. The number of carboxylic acid groups (broad SMARTS) is 1. The van der Waals surface area contributed by atoms with Gasteiger partial charge in [0.2, 0.25) is 0 Å². The minimum atomic E-state index is -0.834. The second kappa shape index (κ2) is 5.94. The van der Waals surface area contributed by atoms with Crippen molar-refractivity contribution in [3.63, 3.8) is 0 Å². The van der Waals surface area contributed by atoms with Gasteiger partial charge in [0.15, 0.2) is 0 Å². The Labute approximate surface area is 117 Å².